The van der Waals surface area contributed by atoms with Crippen LogP contribution in [0.15, 0.2) is 18.2 Å². The van der Waals surface area contributed by atoms with Crippen molar-refractivity contribution in [1.29, 1.82) is 0 Å². The largest absolute Gasteiger partial charge is 0.392 e. The zero-order chi connectivity index (χ0) is 13.1. The molecular formula is C14H21FN2O. The van der Waals surface area contributed by atoms with E-state index in [0.717, 1.165) is 25.9 Å². The van der Waals surface area contributed by atoms with Gasteiger partial charge in [-0.25, -0.2) is 4.39 Å². The van der Waals surface area contributed by atoms with Crippen molar-refractivity contribution in [3.8, 4) is 0 Å². The molecule has 1 N–H and O–H groups in total. The Balaban J connectivity index is 2.29. The van der Waals surface area contributed by atoms with Gasteiger partial charge >= 0.3 is 0 Å². The first kappa shape index (κ1) is 13.3. The van der Waals surface area contributed by atoms with Crippen LogP contribution in [0.2, 0.25) is 0 Å². The molecule has 18 heavy (non-hydrogen) atoms. The summed E-state index contributed by atoms with van der Waals surface area (Å²) in [6, 6.07) is 5.26. The standard InChI is InChI=1S/C14H21FN2O/c1-16(2)9-12-6-4-8-17(12)14-11(10-18)5-3-7-13(14)15/h3,5,7,12,18H,4,6,8-10H2,1-2H3. The van der Waals surface area contributed by atoms with Gasteiger partial charge in [-0.05, 0) is 33.0 Å². The number of likely N-dealkylation sites (N-methyl/N-ethyl adjacent to an activating group) is 1. The van der Waals surface area contributed by atoms with E-state index in [9.17, 15) is 9.50 Å². The molecule has 1 fully saturated rings. The molecule has 4 heteroatoms. The molecule has 0 bridgehead atoms. The van der Waals surface area contributed by atoms with Crippen molar-refractivity contribution < 1.29 is 9.50 Å². The Morgan fingerprint density at radius 1 is 1.44 bits per heavy atom. The van der Waals surface area contributed by atoms with Crippen molar-refractivity contribution in [2.45, 2.75) is 25.5 Å². The molecule has 0 radical (unpaired) electrons. The minimum absolute atomic E-state index is 0.113. The number of halogens is 1. The molecule has 1 heterocycles. The Hall–Kier alpha value is -1.13. The van der Waals surface area contributed by atoms with Crippen LogP contribution < -0.4 is 4.90 Å². The third kappa shape index (κ3) is 2.65. The van der Waals surface area contributed by atoms with Crippen molar-refractivity contribution in [2.24, 2.45) is 0 Å². The van der Waals surface area contributed by atoms with Crippen LogP contribution in [-0.4, -0.2) is 43.2 Å². The summed E-state index contributed by atoms with van der Waals surface area (Å²) in [6.45, 7) is 1.67. The lowest BCUT2D eigenvalue weighted by Crippen LogP contribution is -2.38. The van der Waals surface area contributed by atoms with Crippen molar-refractivity contribution in [1.82, 2.24) is 4.90 Å². The molecule has 1 atom stereocenters. The molecule has 100 valence electrons. The van der Waals surface area contributed by atoms with Crippen LogP contribution in [0.25, 0.3) is 0 Å². The van der Waals surface area contributed by atoms with Crippen LogP contribution >= 0.6 is 0 Å². The predicted molar refractivity (Wildman–Crippen MR) is 71.2 cm³/mol. The van der Waals surface area contributed by atoms with Gasteiger partial charge < -0.3 is 14.9 Å². The van der Waals surface area contributed by atoms with Crippen LogP contribution in [0.3, 0.4) is 0 Å². The van der Waals surface area contributed by atoms with Crippen LogP contribution in [0.5, 0.6) is 0 Å². The molecule has 2 rings (SSSR count). The van der Waals surface area contributed by atoms with Crippen LogP contribution in [0.4, 0.5) is 10.1 Å². The highest BCUT2D eigenvalue weighted by atomic mass is 19.1. The summed E-state index contributed by atoms with van der Waals surface area (Å²) in [7, 11) is 4.07. The van der Waals surface area contributed by atoms with Gasteiger partial charge in [-0.15, -0.1) is 0 Å². The van der Waals surface area contributed by atoms with Crippen LogP contribution in [0, 0.1) is 5.82 Å². The molecule has 3 nitrogen and oxygen atoms in total. The van der Waals surface area contributed by atoms with E-state index < -0.39 is 0 Å². The highest BCUT2D eigenvalue weighted by molar-refractivity contribution is 5.56. The first-order valence-electron chi connectivity index (χ1n) is 6.43. The van der Waals surface area contributed by atoms with Gasteiger partial charge in [-0.1, -0.05) is 12.1 Å². The molecule has 0 amide bonds. The van der Waals surface area contributed by atoms with E-state index >= 15 is 0 Å². The van der Waals surface area contributed by atoms with E-state index in [4.69, 9.17) is 0 Å². The molecule has 1 aliphatic heterocycles. The van der Waals surface area contributed by atoms with E-state index in [1.165, 1.54) is 6.07 Å². The highest BCUT2D eigenvalue weighted by Gasteiger charge is 2.28. The number of benzene rings is 1. The average molecular weight is 252 g/mol. The van der Waals surface area contributed by atoms with E-state index in [0.29, 0.717) is 17.3 Å². The molecule has 0 spiro atoms. The minimum Gasteiger partial charge on any atom is -0.392 e. The number of rotatable bonds is 4. The summed E-state index contributed by atoms with van der Waals surface area (Å²) >= 11 is 0. The molecule has 1 saturated heterocycles. The molecule has 1 aliphatic rings. The summed E-state index contributed by atoms with van der Waals surface area (Å²) in [5, 5.41) is 9.37. The van der Waals surface area contributed by atoms with Crippen molar-refractivity contribution in [2.75, 3.05) is 32.1 Å². The monoisotopic (exact) mass is 252 g/mol. The van der Waals surface area contributed by atoms with Crippen molar-refractivity contribution >= 4 is 5.69 Å². The first-order valence-corrected chi connectivity index (χ1v) is 6.43. The maximum absolute atomic E-state index is 14.0. The Kier molecular flexibility index (Phi) is 4.19. The molecule has 0 aromatic heterocycles. The Labute approximate surface area is 108 Å². The summed E-state index contributed by atoms with van der Waals surface area (Å²) in [5.41, 5.74) is 1.27. The maximum atomic E-state index is 14.0. The van der Waals surface area contributed by atoms with Crippen LogP contribution in [-0.2, 0) is 6.61 Å². The summed E-state index contributed by atoms with van der Waals surface area (Å²) in [6.07, 6.45) is 2.16. The van der Waals surface area contributed by atoms with Gasteiger partial charge in [-0.3, -0.25) is 0 Å². The third-order valence-corrected chi connectivity index (χ3v) is 3.48. The number of anilines is 1. The topological polar surface area (TPSA) is 26.7 Å². The fourth-order valence-electron chi connectivity index (χ4n) is 2.75. The second kappa shape index (κ2) is 5.67. The molecule has 0 saturated carbocycles. The van der Waals surface area contributed by atoms with Gasteiger partial charge in [0.2, 0.25) is 0 Å². The fraction of sp³-hybridized carbons (Fsp3) is 0.571. The lowest BCUT2D eigenvalue weighted by Gasteiger charge is -2.30. The average Bonchev–Trinajstić information content (AvgIpc) is 2.75. The number of nitrogens with zero attached hydrogens (tertiary/aromatic N) is 2. The molecule has 0 aliphatic carbocycles. The SMILES string of the molecule is CN(C)CC1CCCN1c1c(F)cccc1CO. The highest BCUT2D eigenvalue weighted by Crippen LogP contribution is 2.31. The summed E-state index contributed by atoms with van der Waals surface area (Å²) in [4.78, 5) is 4.24. The first-order chi connectivity index (χ1) is 8.63. The lowest BCUT2D eigenvalue weighted by atomic mass is 10.1. The Morgan fingerprint density at radius 2 is 2.22 bits per heavy atom. The summed E-state index contributed by atoms with van der Waals surface area (Å²) < 4.78 is 14.0. The zero-order valence-corrected chi connectivity index (χ0v) is 11.1. The van der Waals surface area contributed by atoms with Gasteiger partial charge in [0.15, 0.2) is 0 Å². The van der Waals surface area contributed by atoms with Gasteiger partial charge in [0, 0.05) is 24.7 Å². The fourth-order valence-corrected chi connectivity index (χ4v) is 2.75. The second-order valence-corrected chi connectivity index (χ2v) is 5.16. The number of aliphatic hydroxyl groups is 1. The molecule has 1 unspecified atom stereocenters. The predicted octanol–water partition coefficient (Wildman–Crippen LogP) is 1.85. The maximum Gasteiger partial charge on any atom is 0.146 e. The minimum atomic E-state index is -0.229. The number of hydrogen-bond donors (Lipinski definition) is 1. The number of para-hydroxylation sites is 1. The molecule has 1 aromatic carbocycles. The Bertz CT molecular complexity index is 409. The van der Waals surface area contributed by atoms with E-state index in [2.05, 4.69) is 9.80 Å². The van der Waals surface area contributed by atoms with E-state index in [1.807, 2.05) is 14.1 Å². The van der Waals surface area contributed by atoms with Gasteiger partial charge in [0.1, 0.15) is 5.82 Å². The van der Waals surface area contributed by atoms with Gasteiger partial charge in [-0.2, -0.15) is 0 Å². The van der Waals surface area contributed by atoms with Gasteiger partial charge in [0.25, 0.3) is 0 Å². The second-order valence-electron chi connectivity index (χ2n) is 5.16. The van der Waals surface area contributed by atoms with Crippen LogP contribution in [0.1, 0.15) is 18.4 Å². The Morgan fingerprint density at radius 3 is 2.89 bits per heavy atom. The van der Waals surface area contributed by atoms with Gasteiger partial charge in [0.05, 0.1) is 12.3 Å². The van der Waals surface area contributed by atoms with E-state index in [1.54, 1.807) is 12.1 Å². The lowest BCUT2D eigenvalue weighted by molar-refractivity contribution is 0.281. The number of aliphatic hydroxyl groups excluding tert-OH is 1. The normalized spacial score (nSPS) is 19.8. The molecule has 1 aromatic rings. The molecular weight excluding hydrogens is 231 g/mol. The third-order valence-electron chi connectivity index (χ3n) is 3.48. The van der Waals surface area contributed by atoms with Crippen molar-refractivity contribution in [3.05, 3.63) is 29.6 Å². The quantitative estimate of drug-likeness (QED) is 0.886. The number of hydrogen-bond acceptors (Lipinski definition) is 3. The smallest absolute Gasteiger partial charge is 0.146 e. The zero-order valence-electron chi connectivity index (χ0n) is 11.1. The van der Waals surface area contributed by atoms with Crippen molar-refractivity contribution in [3.63, 3.8) is 0 Å². The summed E-state index contributed by atoms with van der Waals surface area (Å²) in [5.74, 6) is -0.229. The van der Waals surface area contributed by atoms with E-state index in [-0.39, 0.29) is 12.4 Å².